The highest BCUT2D eigenvalue weighted by molar-refractivity contribution is 6.06. The molecule has 0 aromatic heterocycles. The summed E-state index contributed by atoms with van der Waals surface area (Å²) in [6.45, 7) is 3.91. The highest BCUT2D eigenvalue weighted by Crippen LogP contribution is 2.30. The van der Waals surface area contributed by atoms with Crippen LogP contribution < -0.4 is 5.32 Å². The second-order valence-electron chi connectivity index (χ2n) is 7.88. The van der Waals surface area contributed by atoms with Crippen LogP contribution in [0.4, 0.5) is 8.78 Å². The third-order valence-electron chi connectivity index (χ3n) is 5.48. The van der Waals surface area contributed by atoms with Gasteiger partial charge in [-0.3, -0.25) is 4.79 Å². The number of oxime groups is 1. The van der Waals surface area contributed by atoms with Gasteiger partial charge in [-0.25, -0.2) is 13.6 Å². The second-order valence-corrected chi connectivity index (χ2v) is 7.88. The highest BCUT2D eigenvalue weighted by Gasteiger charge is 2.46. The van der Waals surface area contributed by atoms with E-state index in [9.17, 15) is 18.4 Å². The van der Waals surface area contributed by atoms with Gasteiger partial charge in [0.05, 0.1) is 18.4 Å². The van der Waals surface area contributed by atoms with E-state index in [-0.39, 0.29) is 37.3 Å². The molecule has 4 rings (SSSR count). The van der Waals surface area contributed by atoms with Crippen LogP contribution in [-0.4, -0.2) is 41.9 Å². The molecule has 2 aromatic carbocycles. The summed E-state index contributed by atoms with van der Waals surface area (Å²) in [6.07, 6.45) is 0.664. The predicted molar refractivity (Wildman–Crippen MR) is 114 cm³/mol. The summed E-state index contributed by atoms with van der Waals surface area (Å²) in [4.78, 5) is 30.6. The number of rotatable bonds is 7. The van der Waals surface area contributed by atoms with Crippen LogP contribution in [0.3, 0.4) is 0 Å². The molecule has 9 heteroatoms. The van der Waals surface area contributed by atoms with E-state index in [4.69, 9.17) is 14.3 Å². The molecule has 0 aliphatic carbocycles. The topological polar surface area (TPSA) is 86.2 Å². The highest BCUT2D eigenvalue weighted by atomic mass is 19.1. The fourth-order valence-corrected chi connectivity index (χ4v) is 3.67. The number of halogens is 2. The molecule has 0 radical (unpaired) electrons. The molecule has 0 bridgehead atoms. The molecule has 1 saturated heterocycles. The fourth-order valence-electron chi connectivity index (χ4n) is 3.67. The van der Waals surface area contributed by atoms with Crippen LogP contribution >= 0.6 is 0 Å². The molecule has 2 heterocycles. The maximum absolute atomic E-state index is 13.6. The molecule has 1 amide bonds. The number of carbonyl (C=O) groups excluding carboxylic acids is 2. The number of nitrogens with one attached hydrogen (secondary N) is 1. The third kappa shape index (κ3) is 5.09. The van der Waals surface area contributed by atoms with E-state index < -0.39 is 41.3 Å². The molecule has 2 aliphatic heterocycles. The van der Waals surface area contributed by atoms with Crippen molar-refractivity contribution in [1.29, 1.82) is 0 Å². The molecule has 7 nitrogen and oxygen atoms in total. The van der Waals surface area contributed by atoms with E-state index in [2.05, 4.69) is 17.1 Å². The number of hydrogen-bond donors (Lipinski definition) is 1. The quantitative estimate of drug-likeness (QED) is 0.511. The molecule has 2 unspecified atom stereocenters. The summed E-state index contributed by atoms with van der Waals surface area (Å²) in [7, 11) is 0. The van der Waals surface area contributed by atoms with Crippen molar-refractivity contribution in [3.63, 3.8) is 0 Å². The molecule has 3 atom stereocenters. The van der Waals surface area contributed by atoms with E-state index in [1.165, 1.54) is 6.08 Å². The van der Waals surface area contributed by atoms with Gasteiger partial charge in [-0.15, -0.1) is 0 Å². The Balaban J connectivity index is 1.32. The molecule has 2 aliphatic rings. The molecular weight excluding hydrogens is 434 g/mol. The van der Waals surface area contributed by atoms with Crippen molar-refractivity contribution in [2.75, 3.05) is 6.61 Å². The van der Waals surface area contributed by atoms with Gasteiger partial charge in [0.25, 0.3) is 5.91 Å². The zero-order valence-electron chi connectivity index (χ0n) is 17.6. The third-order valence-corrected chi connectivity index (χ3v) is 5.48. The van der Waals surface area contributed by atoms with Gasteiger partial charge in [0.1, 0.15) is 18.2 Å². The summed E-state index contributed by atoms with van der Waals surface area (Å²) in [5.74, 6) is -2.58. The number of benzene rings is 2. The normalized spacial score (nSPS) is 24.0. The van der Waals surface area contributed by atoms with Gasteiger partial charge in [-0.2, -0.15) is 0 Å². The Morgan fingerprint density at radius 2 is 1.94 bits per heavy atom. The molecule has 0 spiro atoms. The molecule has 0 saturated carbocycles. The van der Waals surface area contributed by atoms with Crippen LogP contribution in [0, 0.1) is 11.6 Å². The van der Waals surface area contributed by atoms with Crippen molar-refractivity contribution in [3.05, 3.63) is 83.9 Å². The lowest BCUT2D eigenvalue weighted by atomic mass is 9.92. The van der Waals surface area contributed by atoms with Crippen molar-refractivity contribution >= 4 is 17.6 Å². The van der Waals surface area contributed by atoms with Crippen molar-refractivity contribution in [1.82, 2.24) is 5.32 Å². The van der Waals surface area contributed by atoms with Crippen LogP contribution in [0.1, 0.15) is 24.0 Å². The Kier molecular flexibility index (Phi) is 6.50. The Morgan fingerprint density at radius 1 is 1.21 bits per heavy atom. The molecule has 1 N–H and O–H groups in total. The van der Waals surface area contributed by atoms with Crippen LogP contribution in [0.2, 0.25) is 0 Å². The van der Waals surface area contributed by atoms with E-state index in [1.807, 2.05) is 30.3 Å². The summed E-state index contributed by atoms with van der Waals surface area (Å²) in [5, 5.41) is 6.63. The van der Waals surface area contributed by atoms with E-state index in [1.54, 1.807) is 0 Å². The van der Waals surface area contributed by atoms with Crippen LogP contribution in [0.15, 0.2) is 66.3 Å². The number of carbonyl (C=O) groups is 2. The van der Waals surface area contributed by atoms with Gasteiger partial charge in [-0.1, -0.05) is 42.1 Å². The van der Waals surface area contributed by atoms with Crippen LogP contribution in [0.25, 0.3) is 0 Å². The van der Waals surface area contributed by atoms with Crippen LogP contribution in [-0.2, 0) is 30.5 Å². The maximum atomic E-state index is 13.6. The van der Waals surface area contributed by atoms with Crippen molar-refractivity contribution in [3.8, 4) is 0 Å². The first-order valence-corrected chi connectivity index (χ1v) is 10.4. The average molecular weight is 456 g/mol. The summed E-state index contributed by atoms with van der Waals surface area (Å²) in [5.41, 5.74) is -0.291. The van der Waals surface area contributed by atoms with Gasteiger partial charge in [-0.05, 0) is 23.8 Å². The maximum Gasteiger partial charge on any atom is 0.335 e. The smallest absolute Gasteiger partial charge is 0.335 e. The lowest BCUT2D eigenvalue weighted by molar-refractivity contribution is -0.155. The minimum atomic E-state index is -1.54. The summed E-state index contributed by atoms with van der Waals surface area (Å²) < 4.78 is 37.9. The zero-order valence-corrected chi connectivity index (χ0v) is 17.6. The first kappa shape index (κ1) is 22.6. The lowest BCUT2D eigenvalue weighted by Crippen LogP contribution is -2.49. The molecule has 2 aromatic rings. The number of amides is 1. The summed E-state index contributed by atoms with van der Waals surface area (Å²) >= 11 is 0. The predicted octanol–water partition coefficient (Wildman–Crippen LogP) is 3.03. The van der Waals surface area contributed by atoms with Gasteiger partial charge >= 0.3 is 5.97 Å². The first-order valence-electron chi connectivity index (χ1n) is 10.4. The Hall–Kier alpha value is -3.59. The Morgan fingerprint density at radius 3 is 2.64 bits per heavy atom. The van der Waals surface area contributed by atoms with Crippen LogP contribution in [0.5, 0.6) is 0 Å². The number of nitrogens with zero attached hydrogens (tertiary/aromatic N) is 1. The minimum absolute atomic E-state index is 0.0542. The average Bonchev–Trinajstić information content (AvgIpc) is 3.46. The SMILES string of the molecule is C=C[C@]1(C(=O)NC2COC(C(=O)OCc3ccccc3)C2)CC(c2cc(F)cc(F)c2)=NO1. The molecule has 1 fully saturated rings. The summed E-state index contributed by atoms with van der Waals surface area (Å²) in [6, 6.07) is 11.8. The van der Waals surface area contributed by atoms with E-state index in [0.29, 0.717) is 0 Å². The van der Waals surface area contributed by atoms with Gasteiger partial charge in [0.15, 0.2) is 6.10 Å². The molecular formula is C24H22F2N2O5. The zero-order chi connectivity index (χ0) is 23.4. The first-order chi connectivity index (χ1) is 15.9. The van der Waals surface area contributed by atoms with Gasteiger partial charge < -0.3 is 19.6 Å². The lowest BCUT2D eigenvalue weighted by Gasteiger charge is -2.23. The number of hydrogen-bond acceptors (Lipinski definition) is 6. The molecule has 172 valence electrons. The van der Waals surface area contributed by atoms with Gasteiger partial charge in [0, 0.05) is 24.5 Å². The standard InChI is InChI=1S/C24H22F2N2O5/c1-2-24(12-20(28-33-24)16-8-17(25)10-18(26)9-16)23(30)27-19-11-21(31-14-19)22(29)32-13-15-6-4-3-5-7-15/h2-10,19,21H,1,11-14H2,(H,27,30)/t19?,21?,24-/m1/s1. The van der Waals surface area contributed by atoms with Crippen molar-refractivity contribution in [2.45, 2.75) is 37.2 Å². The number of esters is 1. The fraction of sp³-hybridized carbons (Fsp3) is 0.292. The van der Waals surface area contributed by atoms with E-state index in [0.717, 1.165) is 23.8 Å². The minimum Gasteiger partial charge on any atom is -0.459 e. The number of ether oxygens (including phenoxy) is 2. The Labute approximate surface area is 189 Å². The van der Waals surface area contributed by atoms with E-state index >= 15 is 0 Å². The Bertz CT molecular complexity index is 1070. The largest absolute Gasteiger partial charge is 0.459 e. The van der Waals surface area contributed by atoms with Crippen molar-refractivity contribution < 1.29 is 32.7 Å². The molecule has 33 heavy (non-hydrogen) atoms. The second kappa shape index (κ2) is 9.50. The van der Waals surface area contributed by atoms with Crippen molar-refractivity contribution in [2.24, 2.45) is 5.16 Å². The monoisotopic (exact) mass is 456 g/mol. The van der Waals surface area contributed by atoms with Gasteiger partial charge in [0.2, 0.25) is 5.60 Å².